The van der Waals surface area contributed by atoms with Crippen LogP contribution in [0.2, 0.25) is 0 Å². The van der Waals surface area contributed by atoms with Gasteiger partial charge in [-0.3, -0.25) is 0 Å². The van der Waals surface area contributed by atoms with Gasteiger partial charge < -0.3 is 4.42 Å². The van der Waals surface area contributed by atoms with Crippen LogP contribution >= 0.6 is 0 Å². The van der Waals surface area contributed by atoms with Crippen molar-refractivity contribution in [1.29, 1.82) is 0 Å². The van der Waals surface area contributed by atoms with Gasteiger partial charge in [0, 0.05) is 5.56 Å². The smallest absolute Gasteiger partial charge is 0.225 e. The van der Waals surface area contributed by atoms with Crippen LogP contribution in [0, 0.1) is 0 Å². The summed E-state index contributed by atoms with van der Waals surface area (Å²) >= 11 is 0. The molecule has 0 N–H and O–H groups in total. The molecule has 0 aliphatic heterocycles. The molecule has 0 saturated heterocycles. The zero-order valence-electron chi connectivity index (χ0n) is 7.53. The Morgan fingerprint density at radius 3 is 3.00 bits per heavy atom. The first-order valence-electron chi connectivity index (χ1n) is 4.39. The van der Waals surface area contributed by atoms with Gasteiger partial charge in [-0.25, -0.2) is 4.98 Å². The van der Waals surface area contributed by atoms with Crippen molar-refractivity contribution in [3.05, 3.63) is 42.3 Å². The molecule has 1 aromatic heterocycles. The van der Waals surface area contributed by atoms with Crippen molar-refractivity contribution < 1.29 is 4.42 Å². The number of aromatic nitrogens is 1. The maximum atomic E-state index is 5.21. The van der Waals surface area contributed by atoms with E-state index in [0.717, 1.165) is 12.0 Å². The Balaban J connectivity index is 2.41. The second-order valence-electron chi connectivity index (χ2n) is 2.89. The van der Waals surface area contributed by atoms with Crippen molar-refractivity contribution in [2.24, 2.45) is 0 Å². The van der Waals surface area contributed by atoms with Crippen molar-refractivity contribution in [3.8, 4) is 11.5 Å². The number of benzene rings is 1. The first-order valence-corrected chi connectivity index (χ1v) is 4.39. The minimum Gasteiger partial charge on any atom is -0.445 e. The molecular formula is C11H11NO. The molecule has 0 unspecified atom stereocenters. The molecule has 0 aliphatic carbocycles. The Kier molecular flexibility index (Phi) is 2.13. The monoisotopic (exact) mass is 173 g/mol. The Morgan fingerprint density at radius 2 is 2.31 bits per heavy atom. The molecule has 2 rings (SSSR count). The van der Waals surface area contributed by atoms with Crippen LogP contribution < -0.4 is 0 Å². The summed E-state index contributed by atoms with van der Waals surface area (Å²) in [4.78, 5) is 4.10. The molecule has 0 atom stereocenters. The third kappa shape index (κ3) is 1.61. The summed E-state index contributed by atoms with van der Waals surface area (Å²) in [7, 11) is 0. The summed E-state index contributed by atoms with van der Waals surface area (Å²) < 4.78 is 5.21. The van der Waals surface area contributed by atoms with Crippen LogP contribution in [0.15, 0.2) is 41.1 Å². The number of aryl methyl sites for hydroxylation is 1. The molecule has 1 aromatic carbocycles. The van der Waals surface area contributed by atoms with Gasteiger partial charge in [-0.05, 0) is 24.1 Å². The van der Waals surface area contributed by atoms with Crippen molar-refractivity contribution in [1.82, 2.24) is 4.98 Å². The molecule has 0 aliphatic rings. The Morgan fingerprint density at radius 1 is 1.38 bits per heavy atom. The van der Waals surface area contributed by atoms with Crippen LogP contribution in [-0.2, 0) is 6.42 Å². The molecule has 2 nitrogen and oxygen atoms in total. The normalized spacial score (nSPS) is 10.2. The van der Waals surface area contributed by atoms with E-state index in [1.165, 1.54) is 5.56 Å². The van der Waals surface area contributed by atoms with Crippen LogP contribution in [0.3, 0.4) is 0 Å². The Labute approximate surface area is 77.2 Å². The van der Waals surface area contributed by atoms with Gasteiger partial charge >= 0.3 is 0 Å². The summed E-state index contributed by atoms with van der Waals surface area (Å²) in [5.74, 6) is 0.690. The fourth-order valence-corrected chi connectivity index (χ4v) is 1.29. The van der Waals surface area contributed by atoms with Crippen molar-refractivity contribution >= 4 is 0 Å². The van der Waals surface area contributed by atoms with E-state index in [2.05, 4.69) is 24.0 Å². The lowest BCUT2D eigenvalue weighted by atomic mass is 10.1. The standard InChI is InChI=1S/C11H11NO/c1-2-9-4-3-5-10(8-9)11-12-6-7-13-11/h3-8H,2H2,1H3. The zero-order chi connectivity index (χ0) is 9.10. The summed E-state index contributed by atoms with van der Waals surface area (Å²) in [6, 6.07) is 8.24. The third-order valence-corrected chi connectivity index (χ3v) is 2.01. The van der Waals surface area contributed by atoms with Crippen LogP contribution in [0.1, 0.15) is 12.5 Å². The Hall–Kier alpha value is -1.57. The number of oxazole rings is 1. The minimum atomic E-state index is 0.690. The highest BCUT2D eigenvalue weighted by Gasteiger charge is 2.01. The average molecular weight is 173 g/mol. The molecule has 0 spiro atoms. The maximum Gasteiger partial charge on any atom is 0.225 e. The molecular weight excluding hydrogens is 162 g/mol. The third-order valence-electron chi connectivity index (χ3n) is 2.01. The molecule has 0 bridgehead atoms. The van der Waals surface area contributed by atoms with E-state index in [9.17, 15) is 0 Å². The molecule has 1 heterocycles. The van der Waals surface area contributed by atoms with Crippen LogP contribution in [0.5, 0.6) is 0 Å². The van der Waals surface area contributed by atoms with Crippen LogP contribution in [0.4, 0.5) is 0 Å². The van der Waals surface area contributed by atoms with Gasteiger partial charge in [-0.15, -0.1) is 0 Å². The van der Waals surface area contributed by atoms with Crippen molar-refractivity contribution in [2.75, 3.05) is 0 Å². The van der Waals surface area contributed by atoms with Gasteiger partial charge in [0.05, 0.1) is 6.20 Å². The average Bonchev–Trinajstić information content (AvgIpc) is 2.71. The molecule has 2 aromatic rings. The number of hydrogen-bond acceptors (Lipinski definition) is 2. The van der Waals surface area contributed by atoms with Gasteiger partial charge in [0.25, 0.3) is 0 Å². The molecule has 0 fully saturated rings. The van der Waals surface area contributed by atoms with Gasteiger partial charge in [0.1, 0.15) is 6.26 Å². The quantitative estimate of drug-likeness (QED) is 0.697. The first-order chi connectivity index (χ1) is 6.40. The zero-order valence-corrected chi connectivity index (χ0v) is 7.53. The van der Waals surface area contributed by atoms with Gasteiger partial charge in [-0.2, -0.15) is 0 Å². The second kappa shape index (κ2) is 3.44. The fraction of sp³-hybridized carbons (Fsp3) is 0.182. The topological polar surface area (TPSA) is 26.0 Å². The fourth-order valence-electron chi connectivity index (χ4n) is 1.29. The van der Waals surface area contributed by atoms with E-state index < -0.39 is 0 Å². The van der Waals surface area contributed by atoms with Gasteiger partial charge in [0.2, 0.25) is 5.89 Å². The highest BCUT2D eigenvalue weighted by Crippen LogP contribution is 2.18. The SMILES string of the molecule is CCc1cccc(-c2ncco2)c1. The minimum absolute atomic E-state index is 0.690. The highest BCUT2D eigenvalue weighted by molar-refractivity contribution is 5.53. The summed E-state index contributed by atoms with van der Waals surface area (Å²) in [6.07, 6.45) is 4.29. The maximum absolute atomic E-state index is 5.21. The highest BCUT2D eigenvalue weighted by atomic mass is 16.3. The van der Waals surface area contributed by atoms with Gasteiger partial charge in [0.15, 0.2) is 0 Å². The molecule has 0 radical (unpaired) electrons. The van der Waals surface area contributed by atoms with E-state index in [1.807, 2.05) is 12.1 Å². The second-order valence-corrected chi connectivity index (χ2v) is 2.89. The number of nitrogens with zero attached hydrogens (tertiary/aromatic N) is 1. The predicted octanol–water partition coefficient (Wildman–Crippen LogP) is 2.90. The van der Waals surface area contributed by atoms with E-state index in [-0.39, 0.29) is 0 Å². The van der Waals surface area contributed by atoms with E-state index in [0.29, 0.717) is 5.89 Å². The van der Waals surface area contributed by atoms with E-state index in [4.69, 9.17) is 4.42 Å². The molecule has 0 saturated carbocycles. The summed E-state index contributed by atoms with van der Waals surface area (Å²) in [6.45, 7) is 2.13. The van der Waals surface area contributed by atoms with Gasteiger partial charge in [-0.1, -0.05) is 19.1 Å². The molecule has 0 amide bonds. The van der Waals surface area contributed by atoms with E-state index >= 15 is 0 Å². The summed E-state index contributed by atoms with van der Waals surface area (Å²) in [5, 5.41) is 0. The Bertz CT molecular complexity index is 379. The molecule has 2 heteroatoms. The largest absolute Gasteiger partial charge is 0.445 e. The lowest BCUT2D eigenvalue weighted by molar-refractivity contribution is 0.574. The number of rotatable bonds is 2. The lowest BCUT2D eigenvalue weighted by Crippen LogP contribution is -1.81. The lowest BCUT2D eigenvalue weighted by Gasteiger charge is -1.98. The van der Waals surface area contributed by atoms with E-state index in [1.54, 1.807) is 12.5 Å². The predicted molar refractivity (Wildman–Crippen MR) is 51.3 cm³/mol. The first kappa shape index (κ1) is 8.05. The van der Waals surface area contributed by atoms with Crippen molar-refractivity contribution in [2.45, 2.75) is 13.3 Å². The molecule has 13 heavy (non-hydrogen) atoms. The summed E-state index contributed by atoms with van der Waals surface area (Å²) in [5.41, 5.74) is 2.35. The number of hydrogen-bond donors (Lipinski definition) is 0. The van der Waals surface area contributed by atoms with Crippen molar-refractivity contribution in [3.63, 3.8) is 0 Å². The van der Waals surface area contributed by atoms with Crippen LogP contribution in [-0.4, -0.2) is 4.98 Å². The molecule has 66 valence electrons. The van der Waals surface area contributed by atoms with Crippen LogP contribution in [0.25, 0.3) is 11.5 Å².